The van der Waals surface area contributed by atoms with Crippen LogP contribution in [0.2, 0.25) is 0 Å². The Morgan fingerprint density at radius 2 is 1.77 bits per heavy atom. The van der Waals surface area contributed by atoms with Crippen LogP contribution in [-0.4, -0.2) is 18.7 Å². The summed E-state index contributed by atoms with van der Waals surface area (Å²) in [5, 5.41) is 2.73. The van der Waals surface area contributed by atoms with Gasteiger partial charge >= 0.3 is 6.09 Å². The molecule has 1 atom stereocenters. The summed E-state index contributed by atoms with van der Waals surface area (Å²) in [6.07, 6.45) is -0.364. The number of ether oxygens (including phenoxy) is 1. The molecule has 0 aliphatic carbocycles. The molecule has 3 heteroatoms. The van der Waals surface area contributed by atoms with Gasteiger partial charge < -0.3 is 10.1 Å². The topological polar surface area (TPSA) is 38.3 Å². The maximum absolute atomic E-state index is 11.0. The summed E-state index contributed by atoms with van der Waals surface area (Å²) in [5.74, 6) is 1.07. The van der Waals surface area contributed by atoms with Crippen molar-refractivity contribution >= 4 is 6.09 Å². The predicted octanol–water partition coefficient (Wildman–Crippen LogP) is 2.41. The smallest absolute Gasteiger partial charge is 0.407 e. The predicted molar refractivity (Wildman–Crippen MR) is 53.6 cm³/mol. The number of amides is 1. The van der Waals surface area contributed by atoms with Crippen LogP contribution in [0.25, 0.3) is 0 Å². The molecule has 0 spiro atoms. The van der Waals surface area contributed by atoms with Crippen LogP contribution in [0.5, 0.6) is 0 Å². The fraction of sp³-hybridized carbons (Fsp3) is 0.900. The molecule has 0 fully saturated rings. The van der Waals surface area contributed by atoms with Crippen molar-refractivity contribution in [1.29, 1.82) is 0 Å². The summed E-state index contributed by atoms with van der Waals surface area (Å²) in [7, 11) is 0. The van der Waals surface area contributed by atoms with E-state index in [2.05, 4.69) is 26.1 Å². The highest BCUT2D eigenvalue weighted by Gasteiger charge is 2.09. The van der Waals surface area contributed by atoms with Gasteiger partial charge in [0.25, 0.3) is 0 Å². The van der Waals surface area contributed by atoms with Crippen LogP contribution < -0.4 is 5.32 Å². The van der Waals surface area contributed by atoms with Crippen LogP contribution in [0.15, 0.2) is 0 Å². The molecular formula is C10H21NO2. The molecule has 1 N–H and O–H groups in total. The number of carbonyl (C=O) groups excluding carboxylic acids is 1. The second-order valence-corrected chi connectivity index (χ2v) is 4.06. The maximum atomic E-state index is 11.0. The highest BCUT2D eigenvalue weighted by atomic mass is 16.6. The fourth-order valence-electron chi connectivity index (χ4n) is 0.736. The first-order valence-corrected chi connectivity index (χ1v) is 4.88. The summed E-state index contributed by atoms with van der Waals surface area (Å²) in [6.45, 7) is 10.8. The molecular weight excluding hydrogens is 166 g/mol. The first-order chi connectivity index (χ1) is 5.93. The highest BCUT2D eigenvalue weighted by Crippen LogP contribution is 2.07. The van der Waals surface area contributed by atoms with E-state index in [1.54, 1.807) is 0 Å². The van der Waals surface area contributed by atoms with Gasteiger partial charge in [-0.05, 0) is 25.7 Å². The van der Waals surface area contributed by atoms with Gasteiger partial charge in [0.15, 0.2) is 0 Å². The number of alkyl carbamates (subject to hydrolysis) is 1. The fourth-order valence-corrected chi connectivity index (χ4v) is 0.736. The molecule has 0 aliphatic rings. The van der Waals surface area contributed by atoms with Gasteiger partial charge in [-0.2, -0.15) is 0 Å². The molecule has 0 saturated heterocycles. The van der Waals surface area contributed by atoms with Crippen LogP contribution >= 0.6 is 0 Å². The summed E-state index contributed by atoms with van der Waals surface area (Å²) in [5.41, 5.74) is 0. The Balaban J connectivity index is 3.58. The number of hydrogen-bond acceptors (Lipinski definition) is 2. The van der Waals surface area contributed by atoms with Crippen LogP contribution in [0, 0.1) is 11.8 Å². The van der Waals surface area contributed by atoms with Crippen molar-refractivity contribution in [2.45, 2.75) is 40.7 Å². The number of hydrogen-bond donors (Lipinski definition) is 1. The van der Waals surface area contributed by atoms with Crippen molar-refractivity contribution in [3.8, 4) is 0 Å². The van der Waals surface area contributed by atoms with Crippen LogP contribution in [0.4, 0.5) is 4.79 Å². The molecule has 0 heterocycles. The van der Waals surface area contributed by atoms with E-state index >= 15 is 0 Å². The second kappa shape index (κ2) is 5.84. The molecule has 0 aliphatic heterocycles. The zero-order valence-corrected chi connectivity index (χ0v) is 9.26. The number of nitrogens with one attached hydrogen (secondary N) is 1. The van der Waals surface area contributed by atoms with Gasteiger partial charge in [0.1, 0.15) is 0 Å². The zero-order chi connectivity index (χ0) is 10.4. The van der Waals surface area contributed by atoms with Gasteiger partial charge in [0.05, 0.1) is 6.10 Å². The van der Waals surface area contributed by atoms with Gasteiger partial charge in [-0.1, -0.05) is 20.8 Å². The SMILES string of the molecule is CC(C)OC(=O)NCC(C)C(C)C. The normalized spacial score (nSPS) is 13.2. The molecule has 0 aromatic heterocycles. The zero-order valence-electron chi connectivity index (χ0n) is 9.26. The van der Waals surface area contributed by atoms with Crippen molar-refractivity contribution < 1.29 is 9.53 Å². The highest BCUT2D eigenvalue weighted by molar-refractivity contribution is 5.67. The number of rotatable bonds is 4. The van der Waals surface area contributed by atoms with Crippen LogP contribution in [-0.2, 0) is 4.74 Å². The van der Waals surface area contributed by atoms with E-state index in [-0.39, 0.29) is 12.2 Å². The summed E-state index contributed by atoms with van der Waals surface area (Å²) < 4.78 is 4.93. The number of carbonyl (C=O) groups is 1. The Morgan fingerprint density at radius 3 is 2.15 bits per heavy atom. The summed E-state index contributed by atoms with van der Waals surface area (Å²) in [6, 6.07) is 0. The van der Waals surface area contributed by atoms with Crippen LogP contribution in [0.1, 0.15) is 34.6 Å². The minimum atomic E-state index is -0.317. The molecule has 1 unspecified atom stereocenters. The molecule has 0 saturated carbocycles. The largest absolute Gasteiger partial charge is 0.447 e. The summed E-state index contributed by atoms with van der Waals surface area (Å²) >= 11 is 0. The minimum Gasteiger partial charge on any atom is -0.447 e. The van der Waals surface area contributed by atoms with Gasteiger partial charge in [-0.25, -0.2) is 4.79 Å². The van der Waals surface area contributed by atoms with Gasteiger partial charge in [-0.15, -0.1) is 0 Å². The van der Waals surface area contributed by atoms with Gasteiger partial charge in [-0.3, -0.25) is 0 Å². The minimum absolute atomic E-state index is 0.0469. The average molecular weight is 187 g/mol. The van der Waals surface area contributed by atoms with Gasteiger partial charge in [0.2, 0.25) is 0 Å². The van der Waals surface area contributed by atoms with Gasteiger partial charge in [0, 0.05) is 6.54 Å². The van der Waals surface area contributed by atoms with Crippen molar-refractivity contribution in [1.82, 2.24) is 5.32 Å². The van der Waals surface area contributed by atoms with Crippen molar-refractivity contribution in [3.63, 3.8) is 0 Å². The first-order valence-electron chi connectivity index (χ1n) is 4.88. The van der Waals surface area contributed by atoms with E-state index in [9.17, 15) is 4.79 Å². The third-order valence-electron chi connectivity index (χ3n) is 2.05. The second-order valence-electron chi connectivity index (χ2n) is 4.06. The van der Waals surface area contributed by atoms with Crippen molar-refractivity contribution in [2.75, 3.05) is 6.54 Å². The Kier molecular flexibility index (Phi) is 5.51. The Labute approximate surface area is 80.8 Å². The lowest BCUT2D eigenvalue weighted by Gasteiger charge is -2.16. The van der Waals surface area contributed by atoms with E-state index < -0.39 is 0 Å². The molecule has 13 heavy (non-hydrogen) atoms. The molecule has 3 nitrogen and oxygen atoms in total. The van der Waals surface area contributed by atoms with Crippen LogP contribution in [0.3, 0.4) is 0 Å². The monoisotopic (exact) mass is 187 g/mol. The molecule has 0 rings (SSSR count). The van der Waals surface area contributed by atoms with E-state index in [0.717, 1.165) is 0 Å². The molecule has 0 bridgehead atoms. The van der Waals surface area contributed by atoms with E-state index in [1.807, 2.05) is 13.8 Å². The standard InChI is InChI=1S/C10H21NO2/c1-7(2)9(5)6-11-10(12)13-8(3)4/h7-9H,6H2,1-5H3,(H,11,12). The third-order valence-corrected chi connectivity index (χ3v) is 2.05. The quantitative estimate of drug-likeness (QED) is 0.734. The lowest BCUT2D eigenvalue weighted by molar-refractivity contribution is 0.114. The van der Waals surface area contributed by atoms with E-state index in [4.69, 9.17) is 4.74 Å². The first kappa shape index (κ1) is 12.3. The average Bonchev–Trinajstić information content (AvgIpc) is 1.98. The molecule has 78 valence electrons. The lowest BCUT2D eigenvalue weighted by atomic mass is 9.98. The lowest BCUT2D eigenvalue weighted by Crippen LogP contribution is -2.32. The molecule has 0 aromatic carbocycles. The molecule has 1 amide bonds. The Hall–Kier alpha value is -0.730. The van der Waals surface area contributed by atoms with Crippen molar-refractivity contribution in [3.05, 3.63) is 0 Å². The van der Waals surface area contributed by atoms with E-state index in [0.29, 0.717) is 18.4 Å². The van der Waals surface area contributed by atoms with Crippen molar-refractivity contribution in [2.24, 2.45) is 11.8 Å². The third kappa shape index (κ3) is 6.43. The Bertz CT molecular complexity index is 155. The Morgan fingerprint density at radius 1 is 1.23 bits per heavy atom. The maximum Gasteiger partial charge on any atom is 0.407 e. The molecule has 0 aromatic rings. The molecule has 0 radical (unpaired) electrons. The summed E-state index contributed by atoms with van der Waals surface area (Å²) in [4.78, 5) is 11.0. The van der Waals surface area contributed by atoms with E-state index in [1.165, 1.54) is 0 Å².